The second-order valence-corrected chi connectivity index (χ2v) is 2.69. The van der Waals surface area contributed by atoms with Crippen LogP contribution in [0.25, 0.3) is 10.4 Å². The predicted octanol–water partition coefficient (Wildman–Crippen LogP) is 2.03. The standard InChI is InChI=1S/C7H16N4/c1-4-7(2)11(3)6-5-9-10-8/h7H,4-6H2,1-3H3. The Hall–Kier alpha value is -0.730. The number of nitrogens with zero attached hydrogens (tertiary/aromatic N) is 4. The Kier molecular flexibility index (Phi) is 5.61. The summed E-state index contributed by atoms with van der Waals surface area (Å²) in [6.45, 7) is 5.72. The van der Waals surface area contributed by atoms with Crippen molar-refractivity contribution in [2.75, 3.05) is 20.1 Å². The molecule has 0 fully saturated rings. The fourth-order valence-electron chi connectivity index (χ4n) is 0.779. The summed E-state index contributed by atoms with van der Waals surface area (Å²) < 4.78 is 0. The van der Waals surface area contributed by atoms with Gasteiger partial charge in [0.25, 0.3) is 0 Å². The van der Waals surface area contributed by atoms with Gasteiger partial charge in [0, 0.05) is 24.0 Å². The molecule has 0 saturated heterocycles. The Morgan fingerprint density at radius 2 is 2.27 bits per heavy atom. The maximum Gasteiger partial charge on any atom is 0.0385 e. The lowest BCUT2D eigenvalue weighted by Gasteiger charge is -2.22. The minimum absolute atomic E-state index is 0.567. The lowest BCUT2D eigenvalue weighted by Crippen LogP contribution is -2.30. The Morgan fingerprint density at radius 3 is 2.73 bits per heavy atom. The molecule has 1 unspecified atom stereocenters. The van der Waals surface area contributed by atoms with Gasteiger partial charge < -0.3 is 4.90 Å². The second kappa shape index (κ2) is 6.01. The molecule has 0 saturated carbocycles. The summed E-state index contributed by atoms with van der Waals surface area (Å²) in [5.74, 6) is 0. The minimum Gasteiger partial charge on any atom is -0.304 e. The monoisotopic (exact) mass is 156 g/mol. The first kappa shape index (κ1) is 10.3. The summed E-state index contributed by atoms with van der Waals surface area (Å²) >= 11 is 0. The Balaban J connectivity index is 3.50. The van der Waals surface area contributed by atoms with Crippen LogP contribution in [0.1, 0.15) is 20.3 Å². The highest BCUT2D eigenvalue weighted by molar-refractivity contribution is 4.61. The summed E-state index contributed by atoms with van der Waals surface area (Å²) in [5.41, 5.74) is 8.01. The summed E-state index contributed by atoms with van der Waals surface area (Å²) in [4.78, 5) is 4.88. The molecule has 0 amide bonds. The fraction of sp³-hybridized carbons (Fsp3) is 1.00. The number of likely N-dealkylation sites (N-methyl/N-ethyl adjacent to an activating group) is 1. The summed E-state index contributed by atoms with van der Waals surface area (Å²) in [5, 5.41) is 3.47. The molecule has 11 heavy (non-hydrogen) atoms. The molecule has 0 aliphatic rings. The molecule has 1 atom stereocenters. The van der Waals surface area contributed by atoms with E-state index in [9.17, 15) is 0 Å². The van der Waals surface area contributed by atoms with Crippen molar-refractivity contribution in [3.63, 3.8) is 0 Å². The molecule has 0 heterocycles. The lowest BCUT2D eigenvalue weighted by molar-refractivity contribution is 0.259. The molecule has 0 rings (SSSR count). The molecule has 4 heteroatoms. The molecule has 0 aliphatic heterocycles. The zero-order valence-electron chi connectivity index (χ0n) is 7.49. The first-order chi connectivity index (χ1) is 5.22. The van der Waals surface area contributed by atoms with E-state index in [0.717, 1.165) is 13.0 Å². The van der Waals surface area contributed by atoms with Crippen LogP contribution in [0.15, 0.2) is 5.11 Å². The quantitative estimate of drug-likeness (QED) is 0.341. The van der Waals surface area contributed by atoms with Crippen LogP contribution >= 0.6 is 0 Å². The smallest absolute Gasteiger partial charge is 0.0385 e. The molecular weight excluding hydrogens is 140 g/mol. The van der Waals surface area contributed by atoms with E-state index in [1.807, 2.05) is 7.05 Å². The summed E-state index contributed by atoms with van der Waals surface area (Å²) in [6, 6.07) is 0.573. The van der Waals surface area contributed by atoms with Crippen LogP contribution in [0.5, 0.6) is 0 Å². The van der Waals surface area contributed by atoms with E-state index < -0.39 is 0 Å². The molecule has 0 aliphatic carbocycles. The Morgan fingerprint density at radius 1 is 1.64 bits per heavy atom. The van der Waals surface area contributed by atoms with Crippen molar-refractivity contribution in [2.24, 2.45) is 5.11 Å². The lowest BCUT2D eigenvalue weighted by atomic mass is 10.2. The average Bonchev–Trinajstić information content (AvgIpc) is 2.03. The number of hydrogen-bond donors (Lipinski definition) is 0. The van der Waals surface area contributed by atoms with Gasteiger partial charge in [-0.1, -0.05) is 12.0 Å². The van der Waals surface area contributed by atoms with Crippen LogP contribution in [0.4, 0.5) is 0 Å². The molecule has 0 aromatic carbocycles. The van der Waals surface area contributed by atoms with Crippen molar-refractivity contribution < 1.29 is 0 Å². The molecule has 0 N–H and O–H groups in total. The van der Waals surface area contributed by atoms with E-state index in [1.54, 1.807) is 0 Å². The maximum absolute atomic E-state index is 8.01. The maximum atomic E-state index is 8.01. The van der Waals surface area contributed by atoms with E-state index in [-0.39, 0.29) is 0 Å². The van der Waals surface area contributed by atoms with Gasteiger partial charge in [0.2, 0.25) is 0 Å². The third-order valence-electron chi connectivity index (χ3n) is 1.96. The molecule has 0 aromatic rings. The topological polar surface area (TPSA) is 52.0 Å². The normalized spacial score (nSPS) is 12.7. The largest absolute Gasteiger partial charge is 0.304 e. The van der Waals surface area contributed by atoms with Crippen LogP contribution in [0.3, 0.4) is 0 Å². The van der Waals surface area contributed by atoms with Crippen molar-refractivity contribution in [1.82, 2.24) is 4.90 Å². The van der Waals surface area contributed by atoms with E-state index in [1.165, 1.54) is 0 Å². The first-order valence-electron chi connectivity index (χ1n) is 3.93. The zero-order valence-corrected chi connectivity index (χ0v) is 7.49. The Labute approximate surface area is 67.8 Å². The zero-order chi connectivity index (χ0) is 8.69. The average molecular weight is 156 g/mol. The second-order valence-electron chi connectivity index (χ2n) is 2.69. The predicted molar refractivity (Wildman–Crippen MR) is 46.4 cm³/mol. The van der Waals surface area contributed by atoms with Crippen LogP contribution in [0, 0.1) is 0 Å². The van der Waals surface area contributed by atoms with Crippen molar-refractivity contribution in [1.29, 1.82) is 0 Å². The number of rotatable bonds is 5. The van der Waals surface area contributed by atoms with E-state index in [4.69, 9.17) is 5.53 Å². The van der Waals surface area contributed by atoms with E-state index in [2.05, 4.69) is 28.8 Å². The van der Waals surface area contributed by atoms with Gasteiger partial charge in [-0.2, -0.15) is 0 Å². The molecule has 0 bridgehead atoms. The number of azide groups is 1. The van der Waals surface area contributed by atoms with Gasteiger partial charge in [-0.25, -0.2) is 0 Å². The molecule has 4 nitrogen and oxygen atoms in total. The molecule has 0 radical (unpaired) electrons. The molecule has 64 valence electrons. The van der Waals surface area contributed by atoms with E-state index >= 15 is 0 Å². The minimum atomic E-state index is 0.567. The van der Waals surface area contributed by atoms with Crippen LogP contribution in [0.2, 0.25) is 0 Å². The Bertz CT molecular complexity index is 139. The van der Waals surface area contributed by atoms with Crippen LogP contribution < -0.4 is 0 Å². The highest BCUT2D eigenvalue weighted by Gasteiger charge is 2.03. The van der Waals surface area contributed by atoms with Crippen molar-refractivity contribution in [3.05, 3.63) is 10.4 Å². The number of hydrogen-bond acceptors (Lipinski definition) is 2. The third kappa shape index (κ3) is 4.65. The van der Waals surface area contributed by atoms with Gasteiger partial charge in [-0.3, -0.25) is 0 Å². The van der Waals surface area contributed by atoms with Gasteiger partial charge in [-0.05, 0) is 25.9 Å². The van der Waals surface area contributed by atoms with Crippen LogP contribution in [-0.4, -0.2) is 31.1 Å². The summed E-state index contributed by atoms with van der Waals surface area (Å²) in [6.07, 6.45) is 1.13. The van der Waals surface area contributed by atoms with E-state index in [0.29, 0.717) is 12.6 Å². The third-order valence-corrected chi connectivity index (χ3v) is 1.96. The highest BCUT2D eigenvalue weighted by Crippen LogP contribution is 1.98. The molecule has 0 aromatic heterocycles. The highest BCUT2D eigenvalue weighted by atomic mass is 15.2. The van der Waals surface area contributed by atoms with Gasteiger partial charge in [0.15, 0.2) is 0 Å². The summed E-state index contributed by atoms with van der Waals surface area (Å²) in [7, 11) is 2.04. The van der Waals surface area contributed by atoms with Crippen molar-refractivity contribution >= 4 is 0 Å². The van der Waals surface area contributed by atoms with Gasteiger partial charge in [0.1, 0.15) is 0 Å². The van der Waals surface area contributed by atoms with Gasteiger partial charge in [-0.15, -0.1) is 0 Å². The van der Waals surface area contributed by atoms with Crippen molar-refractivity contribution in [2.45, 2.75) is 26.3 Å². The van der Waals surface area contributed by atoms with Gasteiger partial charge >= 0.3 is 0 Å². The van der Waals surface area contributed by atoms with Gasteiger partial charge in [0.05, 0.1) is 0 Å². The molecular formula is C7H16N4. The van der Waals surface area contributed by atoms with Crippen molar-refractivity contribution in [3.8, 4) is 0 Å². The first-order valence-corrected chi connectivity index (χ1v) is 3.93. The molecule has 0 spiro atoms. The van der Waals surface area contributed by atoms with Crippen LogP contribution in [-0.2, 0) is 0 Å². The SMILES string of the molecule is CCC(C)N(C)CCN=[N+]=[N-]. The fourth-order valence-corrected chi connectivity index (χ4v) is 0.779.